The summed E-state index contributed by atoms with van der Waals surface area (Å²) >= 11 is 0. The monoisotopic (exact) mass is 456 g/mol. The molecule has 0 spiro atoms. The van der Waals surface area contributed by atoms with Gasteiger partial charge in [0.05, 0.1) is 5.39 Å². The van der Waals surface area contributed by atoms with Crippen molar-refractivity contribution in [3.05, 3.63) is 120 Å². The number of aromatic amines is 1. The fourth-order valence-electron chi connectivity index (χ4n) is 4.09. The summed E-state index contributed by atoms with van der Waals surface area (Å²) in [4.78, 5) is 24.9. The molecule has 0 unspecified atom stereocenters. The molecule has 0 saturated carbocycles. The fraction of sp³-hybridized carbons (Fsp3) is 0. The highest BCUT2D eigenvalue weighted by Crippen LogP contribution is 2.28. The molecular weight excluding hydrogens is 436 g/mol. The number of hydrogen-bond donors (Lipinski definition) is 2. The molecular formula is C29H20N4O2. The van der Waals surface area contributed by atoms with Gasteiger partial charge in [-0.05, 0) is 70.4 Å². The molecule has 0 atom stereocenters. The summed E-state index contributed by atoms with van der Waals surface area (Å²) in [6.45, 7) is 0. The SMILES string of the molecule is O=c1[nH]c(Nc2ccc(Oc3ccccc3)cc2)nc2nccc(-c3ccc4ccccc4c3)c12. The molecule has 0 aliphatic carbocycles. The number of nitrogens with one attached hydrogen (secondary N) is 2. The van der Waals surface area contributed by atoms with Gasteiger partial charge in [-0.1, -0.05) is 54.6 Å². The summed E-state index contributed by atoms with van der Waals surface area (Å²) in [5.41, 5.74) is 2.63. The van der Waals surface area contributed by atoms with Crippen LogP contribution in [0.4, 0.5) is 11.6 Å². The van der Waals surface area contributed by atoms with Crippen LogP contribution in [0.2, 0.25) is 0 Å². The minimum Gasteiger partial charge on any atom is -0.457 e. The van der Waals surface area contributed by atoms with Crippen LogP contribution in [-0.4, -0.2) is 15.0 Å². The van der Waals surface area contributed by atoms with Crippen LogP contribution in [0.25, 0.3) is 32.9 Å². The molecule has 35 heavy (non-hydrogen) atoms. The number of H-pyrrole nitrogens is 1. The van der Waals surface area contributed by atoms with E-state index in [0.717, 1.165) is 33.3 Å². The summed E-state index contributed by atoms with van der Waals surface area (Å²) in [6.07, 6.45) is 1.68. The van der Waals surface area contributed by atoms with E-state index in [0.29, 0.717) is 22.7 Å². The van der Waals surface area contributed by atoms with Crippen molar-refractivity contribution < 1.29 is 4.74 Å². The molecule has 2 heterocycles. The van der Waals surface area contributed by atoms with Crippen molar-refractivity contribution in [2.24, 2.45) is 0 Å². The number of rotatable bonds is 5. The van der Waals surface area contributed by atoms with Gasteiger partial charge in [0.1, 0.15) is 11.5 Å². The highest BCUT2D eigenvalue weighted by Gasteiger charge is 2.12. The Kier molecular flexibility index (Phi) is 5.16. The molecule has 6 aromatic rings. The maximum Gasteiger partial charge on any atom is 0.262 e. The molecule has 0 aliphatic rings. The van der Waals surface area contributed by atoms with Crippen LogP contribution in [-0.2, 0) is 0 Å². The van der Waals surface area contributed by atoms with E-state index >= 15 is 0 Å². The molecule has 6 nitrogen and oxygen atoms in total. The van der Waals surface area contributed by atoms with Gasteiger partial charge < -0.3 is 10.1 Å². The van der Waals surface area contributed by atoms with Crippen LogP contribution in [0.3, 0.4) is 0 Å². The number of ether oxygens (including phenoxy) is 1. The summed E-state index contributed by atoms with van der Waals surface area (Å²) in [7, 11) is 0. The van der Waals surface area contributed by atoms with Crippen molar-refractivity contribution >= 4 is 33.4 Å². The smallest absolute Gasteiger partial charge is 0.262 e. The number of hydrogen-bond acceptors (Lipinski definition) is 5. The van der Waals surface area contributed by atoms with Crippen LogP contribution in [0.1, 0.15) is 0 Å². The van der Waals surface area contributed by atoms with Crippen LogP contribution in [0, 0.1) is 0 Å². The van der Waals surface area contributed by atoms with Gasteiger partial charge in [0, 0.05) is 11.9 Å². The zero-order chi connectivity index (χ0) is 23.6. The van der Waals surface area contributed by atoms with E-state index in [9.17, 15) is 4.79 Å². The third-order valence-corrected chi connectivity index (χ3v) is 5.76. The van der Waals surface area contributed by atoms with Gasteiger partial charge in [-0.2, -0.15) is 4.98 Å². The van der Waals surface area contributed by atoms with Gasteiger partial charge >= 0.3 is 0 Å². The minimum atomic E-state index is -0.252. The van der Waals surface area contributed by atoms with Gasteiger partial charge in [-0.15, -0.1) is 0 Å². The average Bonchev–Trinajstić information content (AvgIpc) is 2.90. The Morgan fingerprint density at radius 1 is 0.743 bits per heavy atom. The molecule has 0 radical (unpaired) electrons. The Balaban J connectivity index is 1.30. The van der Waals surface area contributed by atoms with Gasteiger partial charge in [0.2, 0.25) is 5.95 Å². The summed E-state index contributed by atoms with van der Waals surface area (Å²) in [5.74, 6) is 1.80. The molecule has 2 N–H and O–H groups in total. The van der Waals surface area contributed by atoms with Gasteiger partial charge in [0.25, 0.3) is 5.56 Å². The standard InChI is InChI=1S/C29H20N4O2/c34-28-26-25(21-11-10-19-6-4-5-7-20(19)18-21)16-17-30-27(26)32-29(33-28)31-22-12-14-24(15-13-22)35-23-8-2-1-3-9-23/h1-18H,(H2,30,31,32,33,34). The zero-order valence-corrected chi connectivity index (χ0v) is 18.6. The Morgan fingerprint density at radius 3 is 2.31 bits per heavy atom. The Morgan fingerprint density at radius 2 is 1.49 bits per heavy atom. The van der Waals surface area contributed by atoms with E-state index in [1.165, 1.54) is 0 Å². The highest BCUT2D eigenvalue weighted by molar-refractivity contribution is 5.96. The van der Waals surface area contributed by atoms with Crippen molar-refractivity contribution in [1.82, 2.24) is 15.0 Å². The minimum absolute atomic E-state index is 0.252. The Labute approximate surface area is 200 Å². The van der Waals surface area contributed by atoms with Gasteiger partial charge in [-0.3, -0.25) is 9.78 Å². The molecule has 0 bridgehead atoms. The maximum atomic E-state index is 13.1. The Bertz CT molecular complexity index is 1710. The fourth-order valence-corrected chi connectivity index (χ4v) is 4.09. The van der Waals surface area contributed by atoms with Crippen LogP contribution >= 0.6 is 0 Å². The number of aromatic nitrogens is 3. The van der Waals surface area contributed by atoms with Gasteiger partial charge in [0.15, 0.2) is 5.65 Å². The van der Waals surface area contributed by atoms with Crippen molar-refractivity contribution in [3.63, 3.8) is 0 Å². The average molecular weight is 457 g/mol. The lowest BCUT2D eigenvalue weighted by atomic mass is 10.00. The predicted molar refractivity (Wildman–Crippen MR) is 139 cm³/mol. The molecule has 0 amide bonds. The highest BCUT2D eigenvalue weighted by atomic mass is 16.5. The number of anilines is 2. The quantitative estimate of drug-likeness (QED) is 0.303. The van der Waals surface area contributed by atoms with E-state index < -0.39 is 0 Å². The summed E-state index contributed by atoms with van der Waals surface area (Å²) in [5, 5.41) is 5.86. The first-order chi connectivity index (χ1) is 17.2. The molecule has 0 saturated heterocycles. The predicted octanol–water partition coefficient (Wildman–Crippen LogP) is 6.67. The summed E-state index contributed by atoms with van der Waals surface area (Å²) < 4.78 is 5.83. The lowest BCUT2D eigenvalue weighted by molar-refractivity contribution is 0.483. The third kappa shape index (κ3) is 4.20. The zero-order valence-electron chi connectivity index (χ0n) is 18.6. The first kappa shape index (κ1) is 20.6. The van der Waals surface area contributed by atoms with E-state index in [-0.39, 0.29) is 5.56 Å². The first-order valence-corrected chi connectivity index (χ1v) is 11.2. The van der Waals surface area contributed by atoms with Crippen LogP contribution in [0.5, 0.6) is 11.5 Å². The maximum absolute atomic E-state index is 13.1. The van der Waals surface area contributed by atoms with Crippen molar-refractivity contribution in [1.29, 1.82) is 0 Å². The summed E-state index contributed by atoms with van der Waals surface area (Å²) in [6, 6.07) is 33.1. The van der Waals surface area contributed by atoms with E-state index in [4.69, 9.17) is 4.74 Å². The lowest BCUT2D eigenvalue weighted by Gasteiger charge is -2.10. The normalized spacial score (nSPS) is 11.0. The molecule has 2 aromatic heterocycles. The first-order valence-electron chi connectivity index (χ1n) is 11.2. The molecule has 0 fully saturated rings. The van der Waals surface area contributed by atoms with Crippen LogP contribution < -0.4 is 15.6 Å². The molecule has 168 valence electrons. The number of pyridine rings is 1. The van der Waals surface area contributed by atoms with Crippen molar-refractivity contribution in [3.8, 4) is 22.6 Å². The molecule has 6 rings (SSSR count). The Hall–Kier alpha value is -4.97. The van der Waals surface area contributed by atoms with E-state index in [1.807, 2.05) is 78.9 Å². The van der Waals surface area contributed by atoms with Crippen molar-refractivity contribution in [2.45, 2.75) is 0 Å². The number of para-hydroxylation sites is 1. The molecule has 0 aliphatic heterocycles. The topological polar surface area (TPSA) is 79.9 Å². The largest absolute Gasteiger partial charge is 0.457 e. The second kappa shape index (κ2) is 8.76. The van der Waals surface area contributed by atoms with E-state index in [1.54, 1.807) is 6.20 Å². The second-order valence-corrected chi connectivity index (χ2v) is 8.10. The number of benzene rings is 4. The lowest BCUT2D eigenvalue weighted by Crippen LogP contribution is -2.13. The molecule has 4 aromatic carbocycles. The number of nitrogens with zero attached hydrogens (tertiary/aromatic N) is 2. The van der Waals surface area contributed by atoms with E-state index in [2.05, 4.69) is 44.5 Å². The number of fused-ring (bicyclic) bond motifs is 2. The van der Waals surface area contributed by atoms with Crippen molar-refractivity contribution in [2.75, 3.05) is 5.32 Å². The van der Waals surface area contributed by atoms with Crippen LogP contribution in [0.15, 0.2) is 114 Å². The van der Waals surface area contributed by atoms with Gasteiger partial charge in [-0.25, -0.2) is 4.98 Å². The molecule has 6 heteroatoms. The second-order valence-electron chi connectivity index (χ2n) is 8.10. The third-order valence-electron chi connectivity index (χ3n) is 5.76.